The Morgan fingerprint density at radius 1 is 1.00 bits per heavy atom. The van der Waals surface area contributed by atoms with Gasteiger partial charge in [-0.15, -0.1) is 0 Å². The molecule has 1 heteroatoms. The molecule has 1 nitrogen and oxygen atoms in total. The fourth-order valence-corrected chi connectivity index (χ4v) is 2.78. The van der Waals surface area contributed by atoms with Crippen molar-refractivity contribution in [3.8, 4) is 0 Å². The van der Waals surface area contributed by atoms with Crippen molar-refractivity contribution in [1.82, 2.24) is 4.90 Å². The van der Waals surface area contributed by atoms with Gasteiger partial charge in [-0.1, -0.05) is 47.0 Å². The van der Waals surface area contributed by atoms with Crippen LogP contribution in [0.1, 0.15) is 72.6 Å². The van der Waals surface area contributed by atoms with Gasteiger partial charge in [-0.05, 0) is 44.2 Å². The Morgan fingerprint density at radius 3 is 2.12 bits per heavy atom. The van der Waals surface area contributed by atoms with Gasteiger partial charge in [0, 0.05) is 6.04 Å². The Bertz CT molecular complexity index is 176. The van der Waals surface area contributed by atoms with Crippen molar-refractivity contribution in [3.05, 3.63) is 0 Å². The molecular weight excluding hydrogens is 194 g/mol. The highest BCUT2D eigenvalue weighted by Crippen LogP contribution is 2.31. The van der Waals surface area contributed by atoms with Gasteiger partial charge in [0.05, 0.1) is 0 Å². The predicted molar refractivity (Wildman–Crippen MR) is 72.8 cm³/mol. The smallest absolute Gasteiger partial charge is 0.00951 e. The quantitative estimate of drug-likeness (QED) is 0.645. The van der Waals surface area contributed by atoms with Crippen molar-refractivity contribution in [3.63, 3.8) is 0 Å². The lowest BCUT2D eigenvalue weighted by Crippen LogP contribution is -2.43. The van der Waals surface area contributed by atoms with Crippen LogP contribution in [-0.2, 0) is 0 Å². The molecule has 0 aromatic rings. The fourth-order valence-electron chi connectivity index (χ4n) is 2.78. The average Bonchev–Trinajstić information content (AvgIpc) is 2.25. The Kier molecular flexibility index (Phi) is 5.82. The zero-order valence-corrected chi connectivity index (χ0v) is 11.9. The molecule has 16 heavy (non-hydrogen) atoms. The van der Waals surface area contributed by atoms with Crippen LogP contribution in [0.4, 0.5) is 0 Å². The molecule has 1 saturated heterocycles. The standard InChI is InChI=1S/C15H31N/c1-5-7-9-14(8-6-2)16-12-10-15(3,4)11-13-16/h14H,5-13H2,1-4H3. The molecule has 0 saturated carbocycles. The number of nitrogens with zero attached hydrogens (tertiary/aromatic N) is 1. The van der Waals surface area contributed by atoms with E-state index in [9.17, 15) is 0 Å². The molecule has 0 amide bonds. The monoisotopic (exact) mass is 225 g/mol. The third kappa shape index (κ3) is 4.45. The van der Waals surface area contributed by atoms with E-state index in [4.69, 9.17) is 0 Å². The zero-order valence-electron chi connectivity index (χ0n) is 11.9. The van der Waals surface area contributed by atoms with Crippen molar-refractivity contribution in [2.75, 3.05) is 13.1 Å². The molecular formula is C15H31N. The first-order valence-corrected chi connectivity index (χ1v) is 7.33. The van der Waals surface area contributed by atoms with Gasteiger partial charge in [0.1, 0.15) is 0 Å². The van der Waals surface area contributed by atoms with Crippen molar-refractivity contribution in [2.24, 2.45) is 5.41 Å². The summed E-state index contributed by atoms with van der Waals surface area (Å²) in [5, 5.41) is 0. The summed E-state index contributed by atoms with van der Waals surface area (Å²) in [7, 11) is 0. The van der Waals surface area contributed by atoms with Crippen LogP contribution in [0.25, 0.3) is 0 Å². The van der Waals surface area contributed by atoms with Crippen molar-refractivity contribution < 1.29 is 0 Å². The summed E-state index contributed by atoms with van der Waals surface area (Å²) in [6.45, 7) is 12.1. The summed E-state index contributed by atoms with van der Waals surface area (Å²) < 4.78 is 0. The van der Waals surface area contributed by atoms with Gasteiger partial charge in [-0.2, -0.15) is 0 Å². The van der Waals surface area contributed by atoms with Crippen LogP contribution >= 0.6 is 0 Å². The molecule has 0 aromatic carbocycles. The van der Waals surface area contributed by atoms with E-state index in [0.717, 1.165) is 6.04 Å². The van der Waals surface area contributed by atoms with E-state index < -0.39 is 0 Å². The van der Waals surface area contributed by atoms with Crippen LogP contribution in [0.3, 0.4) is 0 Å². The van der Waals surface area contributed by atoms with Crippen molar-refractivity contribution >= 4 is 0 Å². The van der Waals surface area contributed by atoms with Crippen LogP contribution in [0, 0.1) is 5.41 Å². The number of unbranched alkanes of at least 4 members (excludes halogenated alkanes) is 1. The highest BCUT2D eigenvalue weighted by molar-refractivity contribution is 4.82. The maximum atomic E-state index is 2.77. The second kappa shape index (κ2) is 6.64. The zero-order chi connectivity index (χ0) is 12.0. The lowest BCUT2D eigenvalue weighted by atomic mass is 9.82. The normalized spacial score (nSPS) is 23.2. The van der Waals surface area contributed by atoms with Crippen LogP contribution in [-0.4, -0.2) is 24.0 Å². The molecule has 1 rings (SSSR count). The van der Waals surface area contributed by atoms with Gasteiger partial charge >= 0.3 is 0 Å². The first-order chi connectivity index (χ1) is 7.59. The topological polar surface area (TPSA) is 3.24 Å². The molecule has 1 aliphatic rings. The van der Waals surface area contributed by atoms with Crippen LogP contribution in [0.2, 0.25) is 0 Å². The third-order valence-corrected chi connectivity index (χ3v) is 4.18. The Balaban J connectivity index is 2.39. The maximum absolute atomic E-state index is 2.77. The minimum Gasteiger partial charge on any atom is -0.300 e. The fraction of sp³-hybridized carbons (Fsp3) is 1.00. The number of hydrogen-bond acceptors (Lipinski definition) is 1. The predicted octanol–water partition coefficient (Wildman–Crippen LogP) is 4.47. The molecule has 0 aliphatic carbocycles. The van der Waals surface area contributed by atoms with E-state index in [2.05, 4.69) is 32.6 Å². The molecule has 1 aliphatic heterocycles. The summed E-state index contributed by atoms with van der Waals surface area (Å²) >= 11 is 0. The largest absolute Gasteiger partial charge is 0.300 e. The van der Waals surface area contributed by atoms with Gasteiger partial charge in [0.15, 0.2) is 0 Å². The van der Waals surface area contributed by atoms with E-state index in [1.165, 1.54) is 58.0 Å². The second-order valence-corrected chi connectivity index (χ2v) is 6.28. The van der Waals surface area contributed by atoms with Gasteiger partial charge < -0.3 is 4.90 Å². The Morgan fingerprint density at radius 2 is 1.62 bits per heavy atom. The highest BCUT2D eigenvalue weighted by Gasteiger charge is 2.28. The SMILES string of the molecule is CCCCC(CCC)N1CCC(C)(C)CC1. The minimum absolute atomic E-state index is 0.595. The molecule has 1 unspecified atom stereocenters. The van der Waals surface area contributed by atoms with E-state index in [1.54, 1.807) is 0 Å². The summed E-state index contributed by atoms with van der Waals surface area (Å²) in [5.74, 6) is 0. The molecule has 0 aromatic heterocycles. The van der Waals surface area contributed by atoms with E-state index in [1.807, 2.05) is 0 Å². The van der Waals surface area contributed by atoms with Crippen molar-refractivity contribution in [1.29, 1.82) is 0 Å². The molecule has 1 atom stereocenters. The maximum Gasteiger partial charge on any atom is 0.00951 e. The summed E-state index contributed by atoms with van der Waals surface area (Å²) in [6.07, 6.45) is 9.70. The Hall–Kier alpha value is -0.0400. The molecule has 0 radical (unpaired) electrons. The van der Waals surface area contributed by atoms with Gasteiger partial charge in [0.2, 0.25) is 0 Å². The first-order valence-electron chi connectivity index (χ1n) is 7.33. The Labute approximate surface area is 103 Å². The van der Waals surface area contributed by atoms with E-state index >= 15 is 0 Å². The van der Waals surface area contributed by atoms with Crippen LogP contribution in [0.15, 0.2) is 0 Å². The third-order valence-electron chi connectivity index (χ3n) is 4.18. The van der Waals surface area contributed by atoms with Gasteiger partial charge in [0.25, 0.3) is 0 Å². The molecule has 0 bridgehead atoms. The molecule has 96 valence electrons. The van der Waals surface area contributed by atoms with E-state index in [0.29, 0.717) is 5.41 Å². The van der Waals surface area contributed by atoms with Crippen molar-refractivity contribution in [2.45, 2.75) is 78.7 Å². The number of rotatable bonds is 6. The van der Waals surface area contributed by atoms with Crippen LogP contribution in [0.5, 0.6) is 0 Å². The lowest BCUT2D eigenvalue weighted by Gasteiger charge is -2.41. The van der Waals surface area contributed by atoms with Gasteiger partial charge in [-0.3, -0.25) is 0 Å². The van der Waals surface area contributed by atoms with E-state index in [-0.39, 0.29) is 0 Å². The lowest BCUT2D eigenvalue weighted by molar-refractivity contribution is 0.0843. The molecule has 0 N–H and O–H groups in total. The summed E-state index contributed by atoms with van der Waals surface area (Å²) in [4.78, 5) is 2.77. The molecule has 0 spiro atoms. The highest BCUT2D eigenvalue weighted by atomic mass is 15.2. The van der Waals surface area contributed by atoms with Gasteiger partial charge in [-0.25, -0.2) is 0 Å². The second-order valence-electron chi connectivity index (χ2n) is 6.28. The van der Waals surface area contributed by atoms with Crippen LogP contribution < -0.4 is 0 Å². The first kappa shape index (κ1) is 14.0. The summed E-state index contributed by atoms with van der Waals surface area (Å²) in [6, 6.07) is 0.876. The number of piperidine rings is 1. The minimum atomic E-state index is 0.595. The summed E-state index contributed by atoms with van der Waals surface area (Å²) in [5.41, 5.74) is 0.595. The molecule has 1 fully saturated rings. The average molecular weight is 225 g/mol. The molecule has 1 heterocycles. The number of likely N-dealkylation sites (tertiary alicyclic amines) is 1. The number of hydrogen-bond donors (Lipinski definition) is 0.